The molecule has 4 heteroatoms. The predicted molar refractivity (Wildman–Crippen MR) is 160 cm³/mol. The zero-order valence-electron chi connectivity index (χ0n) is 24.6. The van der Waals surface area contributed by atoms with Gasteiger partial charge >= 0.3 is 0 Å². The van der Waals surface area contributed by atoms with Crippen molar-refractivity contribution in [2.75, 3.05) is 0 Å². The molecule has 0 bridgehead atoms. The number of fused-ring (bicyclic) bond motifs is 1. The molecule has 3 rings (SSSR count). The van der Waals surface area contributed by atoms with E-state index in [1.165, 1.54) is 60.8 Å². The van der Waals surface area contributed by atoms with E-state index < -0.39 is 0 Å². The number of unbranched alkanes of at least 4 members (excludes halogenated alkanes) is 4. The van der Waals surface area contributed by atoms with Crippen molar-refractivity contribution in [1.29, 1.82) is 0 Å². The van der Waals surface area contributed by atoms with Crippen molar-refractivity contribution in [2.24, 2.45) is 5.92 Å². The summed E-state index contributed by atoms with van der Waals surface area (Å²) in [5.41, 5.74) is 5.10. The Morgan fingerprint density at radius 3 is 1.78 bits per heavy atom. The molecule has 2 aromatic carbocycles. The minimum absolute atomic E-state index is 0.100. The highest BCUT2D eigenvalue weighted by Crippen LogP contribution is 2.42. The Morgan fingerprint density at radius 2 is 1.33 bits per heavy atom. The molecule has 1 unspecified atom stereocenters. The van der Waals surface area contributed by atoms with Gasteiger partial charge in [-0.15, -0.1) is 0 Å². The monoisotopic (exact) mass is 520 g/mol. The van der Waals surface area contributed by atoms with Crippen LogP contribution in [0.2, 0.25) is 5.02 Å². The van der Waals surface area contributed by atoms with Crippen molar-refractivity contribution in [3.63, 3.8) is 0 Å². The van der Waals surface area contributed by atoms with Crippen molar-refractivity contribution >= 4 is 25.2 Å². The molecule has 0 spiro atoms. The first-order valence-corrected chi connectivity index (χ1v) is 13.9. The van der Waals surface area contributed by atoms with Crippen LogP contribution in [-0.2, 0) is 16.0 Å². The van der Waals surface area contributed by atoms with Gasteiger partial charge < -0.3 is 14.3 Å². The Kier molecular flexibility index (Phi) is 27.7. The fourth-order valence-electron chi connectivity index (χ4n) is 3.57. The second kappa shape index (κ2) is 25.9. The first-order valence-electron chi connectivity index (χ1n) is 13.5. The first-order chi connectivity index (χ1) is 17.4. The van der Waals surface area contributed by atoms with Crippen LogP contribution < -0.4 is 4.74 Å². The van der Waals surface area contributed by atoms with Crippen molar-refractivity contribution < 1.29 is 14.3 Å². The van der Waals surface area contributed by atoms with Gasteiger partial charge in [-0.2, -0.15) is 0 Å². The highest BCUT2D eigenvalue weighted by molar-refractivity contribution is 6.30. The van der Waals surface area contributed by atoms with Gasteiger partial charge in [-0.1, -0.05) is 117 Å². The van der Waals surface area contributed by atoms with Gasteiger partial charge in [0, 0.05) is 10.9 Å². The number of rotatable bonds is 6. The van der Waals surface area contributed by atoms with Crippen molar-refractivity contribution in [3.8, 4) is 5.75 Å². The summed E-state index contributed by atoms with van der Waals surface area (Å²) in [5, 5.41) is 0.800. The third kappa shape index (κ3) is 15.1. The van der Waals surface area contributed by atoms with Crippen LogP contribution >= 0.6 is 11.6 Å². The summed E-state index contributed by atoms with van der Waals surface area (Å²) in [7, 11) is 0. The van der Waals surface area contributed by atoms with Crippen molar-refractivity contribution in [1.82, 2.24) is 0 Å². The Labute approximate surface area is 228 Å². The van der Waals surface area contributed by atoms with Gasteiger partial charge in [0.2, 0.25) is 0 Å². The third-order valence-electron chi connectivity index (χ3n) is 5.63. The summed E-state index contributed by atoms with van der Waals surface area (Å²) < 4.78 is 6.30. The van der Waals surface area contributed by atoms with E-state index in [2.05, 4.69) is 60.6 Å². The number of para-hydroxylation sites is 1. The maximum atomic E-state index is 8.00. The van der Waals surface area contributed by atoms with E-state index in [0.29, 0.717) is 5.92 Å². The predicted octanol–water partition coefficient (Wildman–Crippen LogP) is 10.3. The van der Waals surface area contributed by atoms with Crippen LogP contribution in [0.1, 0.15) is 115 Å². The van der Waals surface area contributed by atoms with E-state index in [-0.39, 0.29) is 6.10 Å². The summed E-state index contributed by atoms with van der Waals surface area (Å²) in [4.78, 5) is 16.0. The van der Waals surface area contributed by atoms with E-state index in [1.807, 2.05) is 51.7 Å². The molecule has 0 amide bonds. The molecule has 36 heavy (non-hydrogen) atoms. The van der Waals surface area contributed by atoms with E-state index >= 15 is 0 Å². The first kappa shape index (κ1) is 38.4. The van der Waals surface area contributed by atoms with Crippen LogP contribution in [0, 0.1) is 19.8 Å². The van der Waals surface area contributed by atoms with Gasteiger partial charge in [-0.05, 0) is 60.7 Å². The molecular weight excluding hydrogens is 468 g/mol. The van der Waals surface area contributed by atoms with E-state index in [9.17, 15) is 0 Å². The quantitative estimate of drug-likeness (QED) is 0.355. The zero-order valence-corrected chi connectivity index (χ0v) is 25.3. The molecule has 0 heterocycles. The summed E-state index contributed by atoms with van der Waals surface area (Å²) in [6.45, 7) is 23.3. The normalized spacial score (nSPS) is 14.3. The van der Waals surface area contributed by atoms with Crippen LogP contribution in [0.25, 0.3) is 0 Å². The largest absolute Gasteiger partial charge is 0.485 e. The molecule has 0 fully saturated rings. The smallest absolute Gasteiger partial charge is 0.127 e. The number of aryl methyl sites for hydroxylation is 2. The average molecular weight is 521 g/mol. The lowest BCUT2D eigenvalue weighted by molar-refractivity contribution is -0.0987. The SMILES string of the molecule is C=O.C=O.CC.CCCC.CCCCCC.Cc1ccccc1O[C@H]1c2cc(Cl)cc(C)c2CC1C. The molecule has 2 atom stereocenters. The Morgan fingerprint density at radius 1 is 0.833 bits per heavy atom. The van der Waals surface area contributed by atoms with Crippen LogP contribution in [0.15, 0.2) is 36.4 Å². The summed E-state index contributed by atoms with van der Waals surface area (Å²) in [6.07, 6.45) is 9.34. The molecule has 0 saturated carbocycles. The second-order valence-corrected chi connectivity index (χ2v) is 8.92. The zero-order chi connectivity index (χ0) is 28.5. The van der Waals surface area contributed by atoms with Gasteiger partial charge in [-0.25, -0.2) is 0 Å². The molecule has 0 aliphatic heterocycles. The summed E-state index contributed by atoms with van der Waals surface area (Å²) in [5.74, 6) is 1.44. The number of carbonyl (C=O) groups is 2. The molecule has 0 radical (unpaired) electrons. The molecule has 206 valence electrons. The fraction of sp³-hybridized carbons (Fsp3) is 0.562. The average Bonchev–Trinajstić information content (AvgIpc) is 3.23. The van der Waals surface area contributed by atoms with E-state index in [4.69, 9.17) is 25.9 Å². The molecule has 1 aliphatic rings. The molecule has 2 aromatic rings. The molecular formula is C32H53ClO3. The van der Waals surface area contributed by atoms with Gasteiger partial charge in [0.1, 0.15) is 25.4 Å². The van der Waals surface area contributed by atoms with Crippen molar-refractivity contribution in [3.05, 3.63) is 63.7 Å². The summed E-state index contributed by atoms with van der Waals surface area (Å²) in [6, 6.07) is 12.3. The molecule has 0 N–H and O–H groups in total. The minimum atomic E-state index is 0.100. The maximum absolute atomic E-state index is 8.00. The second-order valence-electron chi connectivity index (χ2n) is 8.48. The minimum Gasteiger partial charge on any atom is -0.485 e. The van der Waals surface area contributed by atoms with Crippen LogP contribution in [0.4, 0.5) is 0 Å². The van der Waals surface area contributed by atoms with E-state index in [0.717, 1.165) is 17.2 Å². The molecule has 3 nitrogen and oxygen atoms in total. The number of hydrogen-bond acceptors (Lipinski definition) is 3. The maximum Gasteiger partial charge on any atom is 0.127 e. The van der Waals surface area contributed by atoms with Gasteiger partial charge in [0.05, 0.1) is 0 Å². The lowest BCUT2D eigenvalue weighted by atomic mass is 10.0. The topological polar surface area (TPSA) is 43.4 Å². The number of hydrogen-bond donors (Lipinski definition) is 0. The van der Waals surface area contributed by atoms with Crippen LogP contribution in [-0.4, -0.2) is 13.6 Å². The Hall–Kier alpha value is -2.13. The Balaban J connectivity index is -0.000000569. The van der Waals surface area contributed by atoms with Gasteiger partial charge in [0.25, 0.3) is 0 Å². The molecule has 0 aromatic heterocycles. The Bertz CT molecular complexity index is 768. The third-order valence-corrected chi connectivity index (χ3v) is 5.84. The lowest BCUT2D eigenvalue weighted by Gasteiger charge is -2.20. The standard InChI is InChI=1S/C18H19ClO.C6H14.C4H10.C2H6.2CH2O/c1-11-6-4-5-7-17(11)20-18-13(3)9-15-12(2)8-14(19)10-16(15)18;1-3-5-6-4-2;1-3-4-2;3*1-2/h4-8,10,13,18H,9H2,1-3H3;3-6H2,1-2H3;3-4H2,1-2H3;1-2H3;2*1H2/t13?,18-;;;;;/m1...../s1. The van der Waals surface area contributed by atoms with Gasteiger partial charge in [-0.3, -0.25) is 0 Å². The molecule has 0 saturated heterocycles. The number of benzene rings is 2. The van der Waals surface area contributed by atoms with E-state index in [1.54, 1.807) is 0 Å². The highest BCUT2D eigenvalue weighted by atomic mass is 35.5. The number of carbonyl (C=O) groups excluding carboxylic acids is 2. The molecule has 1 aliphatic carbocycles. The number of ether oxygens (including phenoxy) is 1. The number of halogens is 1. The van der Waals surface area contributed by atoms with Gasteiger partial charge in [0.15, 0.2) is 0 Å². The van der Waals surface area contributed by atoms with Crippen LogP contribution in [0.5, 0.6) is 5.75 Å². The lowest BCUT2D eigenvalue weighted by Crippen LogP contribution is -2.12. The van der Waals surface area contributed by atoms with Crippen LogP contribution in [0.3, 0.4) is 0 Å². The summed E-state index contributed by atoms with van der Waals surface area (Å²) >= 11 is 6.22. The fourth-order valence-corrected chi connectivity index (χ4v) is 3.85. The highest BCUT2D eigenvalue weighted by Gasteiger charge is 2.32. The van der Waals surface area contributed by atoms with Crippen molar-refractivity contribution in [2.45, 2.75) is 113 Å².